The Labute approximate surface area is 214 Å². The highest BCUT2D eigenvalue weighted by Gasteiger charge is 2.22. The minimum atomic E-state index is -0.510. The number of aromatic nitrogens is 4. The fourth-order valence-corrected chi connectivity index (χ4v) is 4.24. The van der Waals surface area contributed by atoms with Crippen LogP contribution in [-0.2, 0) is 0 Å². The summed E-state index contributed by atoms with van der Waals surface area (Å²) in [6.07, 6.45) is 9.64. The van der Waals surface area contributed by atoms with Crippen molar-refractivity contribution in [3.05, 3.63) is 89.6 Å². The molecule has 2 aromatic heterocycles. The quantitative estimate of drug-likeness (QED) is 0.343. The van der Waals surface area contributed by atoms with Crippen molar-refractivity contribution in [3.63, 3.8) is 0 Å². The van der Waals surface area contributed by atoms with E-state index in [0.717, 1.165) is 31.6 Å². The normalized spacial score (nSPS) is 13.2. The van der Waals surface area contributed by atoms with Crippen molar-refractivity contribution in [3.8, 4) is 22.8 Å². The van der Waals surface area contributed by atoms with Crippen LogP contribution in [0, 0.1) is 0 Å². The topological polar surface area (TPSA) is 90.1 Å². The van der Waals surface area contributed by atoms with Crippen molar-refractivity contribution < 1.29 is 9.13 Å². The van der Waals surface area contributed by atoms with Crippen LogP contribution < -0.4 is 15.4 Å². The Balaban J connectivity index is 0.00000148. The Hall–Kier alpha value is -3.88. The zero-order valence-electron chi connectivity index (χ0n) is 19.8. The van der Waals surface area contributed by atoms with Gasteiger partial charge in [-0.1, -0.05) is 29.8 Å². The molecule has 2 N–H and O–H groups in total. The predicted octanol–water partition coefficient (Wildman–Crippen LogP) is 6.02. The molecule has 9 heteroatoms. The summed E-state index contributed by atoms with van der Waals surface area (Å²) in [6.45, 7) is 1.70. The second kappa shape index (κ2) is 12.2. The van der Waals surface area contributed by atoms with Crippen LogP contribution in [-0.4, -0.2) is 40.3 Å². The second-order valence-electron chi connectivity index (χ2n) is 7.84. The van der Waals surface area contributed by atoms with Crippen LogP contribution in [0.15, 0.2) is 73.3 Å². The Morgan fingerprint density at radius 3 is 2.50 bits per heavy atom. The molecule has 0 saturated carbocycles. The minimum absolute atomic E-state index is 0.127. The first kappa shape index (κ1) is 25.2. The van der Waals surface area contributed by atoms with Crippen LogP contribution in [0.25, 0.3) is 23.2 Å². The van der Waals surface area contributed by atoms with Gasteiger partial charge in [0.05, 0.1) is 36.2 Å². The molecule has 0 radical (unpaired) electrons. The van der Waals surface area contributed by atoms with E-state index < -0.39 is 5.83 Å². The molecule has 1 aliphatic rings. The van der Waals surface area contributed by atoms with Crippen molar-refractivity contribution in [1.29, 1.82) is 0 Å². The molecule has 3 heterocycles. The van der Waals surface area contributed by atoms with Crippen LogP contribution in [0.2, 0.25) is 5.02 Å². The van der Waals surface area contributed by atoms with Crippen molar-refractivity contribution in [2.45, 2.75) is 12.8 Å². The molecule has 0 amide bonds. The fraction of sp³-hybridized carbons (Fsp3) is 0.185. The lowest BCUT2D eigenvalue weighted by atomic mass is 10.1. The lowest BCUT2D eigenvalue weighted by Crippen LogP contribution is -2.19. The van der Waals surface area contributed by atoms with Crippen molar-refractivity contribution in [2.75, 3.05) is 25.0 Å². The number of ether oxygens (including phenoxy) is 1. The van der Waals surface area contributed by atoms with Gasteiger partial charge >= 0.3 is 0 Å². The second-order valence-corrected chi connectivity index (χ2v) is 8.22. The van der Waals surface area contributed by atoms with E-state index in [1.54, 1.807) is 30.7 Å². The van der Waals surface area contributed by atoms with Gasteiger partial charge in [-0.3, -0.25) is 4.98 Å². The van der Waals surface area contributed by atoms with Gasteiger partial charge in [0.25, 0.3) is 0 Å². The molecule has 1 aliphatic heterocycles. The van der Waals surface area contributed by atoms with Gasteiger partial charge in [-0.15, -0.1) is 0 Å². The third-order valence-corrected chi connectivity index (χ3v) is 5.91. The highest BCUT2D eigenvalue weighted by molar-refractivity contribution is 6.35. The Kier molecular flexibility index (Phi) is 8.54. The molecule has 5 rings (SSSR count). The number of nitrogens with zero attached hydrogens (tertiary/aromatic N) is 5. The lowest BCUT2D eigenvalue weighted by molar-refractivity contribution is 0.483. The SMILES string of the molecule is CN.F/C(=C\c1ccc(Oc2ccccc2)c(Cl)c1N1CCCC1)c1cncc(-c2ccnnc2)n1. The van der Waals surface area contributed by atoms with E-state index in [4.69, 9.17) is 16.3 Å². The van der Waals surface area contributed by atoms with E-state index in [-0.39, 0.29) is 5.69 Å². The Bertz CT molecular complexity index is 1310. The summed E-state index contributed by atoms with van der Waals surface area (Å²) in [7, 11) is 1.50. The van der Waals surface area contributed by atoms with E-state index in [1.807, 2.05) is 36.4 Å². The average molecular weight is 505 g/mol. The number of para-hydroxylation sites is 1. The van der Waals surface area contributed by atoms with Gasteiger partial charge in [0.15, 0.2) is 5.83 Å². The highest BCUT2D eigenvalue weighted by Crippen LogP contribution is 2.42. The van der Waals surface area contributed by atoms with Crippen molar-refractivity contribution in [1.82, 2.24) is 20.2 Å². The standard InChI is InChI=1S/C26H21ClFN5O.CH5N/c27-25-24(34-20-6-2-1-3-7-20)9-8-18(26(25)33-12-4-5-13-33)14-21(28)23-17-29-16-22(32-23)19-10-11-30-31-15-19;1-2/h1-3,6-11,14-17H,4-5,12-13H2;2H2,1H3/b21-14-;. The van der Waals surface area contributed by atoms with Crippen LogP contribution in [0.4, 0.5) is 10.1 Å². The van der Waals surface area contributed by atoms with Crippen LogP contribution >= 0.6 is 11.6 Å². The number of nitrogens with two attached hydrogens (primary N) is 1. The van der Waals surface area contributed by atoms with Gasteiger partial charge in [-0.25, -0.2) is 9.37 Å². The van der Waals surface area contributed by atoms with Gasteiger partial charge in [-0.2, -0.15) is 10.2 Å². The minimum Gasteiger partial charge on any atom is -0.456 e. The summed E-state index contributed by atoms with van der Waals surface area (Å²) in [6, 6.07) is 14.8. The molecule has 7 nitrogen and oxygen atoms in total. The number of halogens is 2. The first-order valence-corrected chi connectivity index (χ1v) is 11.9. The van der Waals surface area contributed by atoms with Crippen molar-refractivity contribution in [2.24, 2.45) is 5.73 Å². The zero-order valence-corrected chi connectivity index (χ0v) is 20.6. The Morgan fingerprint density at radius 2 is 1.78 bits per heavy atom. The van der Waals surface area contributed by atoms with Crippen LogP contribution in [0.3, 0.4) is 0 Å². The van der Waals surface area contributed by atoms with Gasteiger partial charge in [0.1, 0.15) is 22.2 Å². The van der Waals surface area contributed by atoms with Crippen LogP contribution in [0.1, 0.15) is 24.1 Å². The van der Waals surface area contributed by atoms with E-state index in [0.29, 0.717) is 33.3 Å². The van der Waals surface area contributed by atoms with Crippen molar-refractivity contribution >= 4 is 29.2 Å². The molecule has 184 valence electrons. The first-order chi connectivity index (χ1) is 17.7. The molecule has 0 aliphatic carbocycles. The van der Waals surface area contributed by atoms with E-state index in [2.05, 4.69) is 30.8 Å². The maximum atomic E-state index is 15.4. The fourth-order valence-electron chi connectivity index (χ4n) is 3.91. The summed E-state index contributed by atoms with van der Waals surface area (Å²) in [5.41, 5.74) is 7.26. The summed E-state index contributed by atoms with van der Waals surface area (Å²) < 4.78 is 21.4. The zero-order chi connectivity index (χ0) is 25.3. The summed E-state index contributed by atoms with van der Waals surface area (Å²) in [5.74, 6) is 0.702. The number of hydrogen-bond donors (Lipinski definition) is 1. The predicted molar refractivity (Wildman–Crippen MR) is 142 cm³/mol. The van der Waals surface area contributed by atoms with Gasteiger partial charge in [-0.05, 0) is 56.3 Å². The largest absolute Gasteiger partial charge is 0.456 e. The maximum Gasteiger partial charge on any atom is 0.151 e. The van der Waals surface area contributed by atoms with Gasteiger partial charge < -0.3 is 15.4 Å². The smallest absolute Gasteiger partial charge is 0.151 e. The molecule has 0 atom stereocenters. The monoisotopic (exact) mass is 504 g/mol. The molecule has 2 aromatic carbocycles. The molecular weight excluding hydrogens is 479 g/mol. The molecule has 1 saturated heterocycles. The average Bonchev–Trinajstić information content (AvgIpc) is 3.47. The first-order valence-electron chi connectivity index (χ1n) is 11.5. The summed E-state index contributed by atoms with van der Waals surface area (Å²) >= 11 is 6.82. The number of rotatable bonds is 6. The highest BCUT2D eigenvalue weighted by atomic mass is 35.5. The van der Waals surface area contributed by atoms with E-state index in [9.17, 15) is 0 Å². The Morgan fingerprint density at radius 1 is 1.00 bits per heavy atom. The molecule has 0 unspecified atom stereocenters. The summed E-state index contributed by atoms with van der Waals surface area (Å²) in [5, 5.41) is 8.06. The molecule has 4 aromatic rings. The third kappa shape index (κ3) is 5.84. The summed E-state index contributed by atoms with van der Waals surface area (Å²) in [4.78, 5) is 10.7. The number of hydrogen-bond acceptors (Lipinski definition) is 7. The number of benzene rings is 2. The molecular formula is C27H26ClFN6O. The third-order valence-electron chi connectivity index (χ3n) is 5.55. The van der Waals surface area contributed by atoms with Gasteiger partial charge in [0, 0.05) is 24.2 Å². The van der Waals surface area contributed by atoms with Gasteiger partial charge in [0.2, 0.25) is 0 Å². The molecule has 36 heavy (non-hydrogen) atoms. The number of anilines is 1. The molecule has 1 fully saturated rings. The lowest BCUT2D eigenvalue weighted by Gasteiger charge is -2.23. The van der Waals surface area contributed by atoms with Crippen LogP contribution in [0.5, 0.6) is 11.5 Å². The van der Waals surface area contributed by atoms with E-state index >= 15 is 4.39 Å². The van der Waals surface area contributed by atoms with E-state index in [1.165, 1.54) is 19.3 Å². The molecule has 0 bridgehead atoms. The molecule has 0 spiro atoms. The maximum absolute atomic E-state index is 15.4.